The minimum absolute atomic E-state index is 0.300. The van der Waals surface area contributed by atoms with Crippen molar-refractivity contribution in [3.63, 3.8) is 0 Å². The van der Waals surface area contributed by atoms with Crippen molar-refractivity contribution in [1.82, 2.24) is 19.1 Å². The van der Waals surface area contributed by atoms with Gasteiger partial charge in [0.15, 0.2) is 0 Å². The predicted molar refractivity (Wildman–Crippen MR) is 101 cm³/mol. The zero-order chi connectivity index (χ0) is 18.9. The molecule has 1 heterocycles. The number of rotatable bonds is 5. The van der Waals surface area contributed by atoms with E-state index in [2.05, 4.69) is 10.1 Å². The van der Waals surface area contributed by atoms with Crippen LogP contribution in [0.2, 0.25) is 0 Å². The Bertz CT molecular complexity index is 997. The highest BCUT2D eigenvalue weighted by Crippen LogP contribution is 2.27. The number of aromatic nitrogens is 3. The van der Waals surface area contributed by atoms with Gasteiger partial charge in [-0.1, -0.05) is 18.2 Å². The lowest BCUT2D eigenvalue weighted by Crippen LogP contribution is -2.30. The number of aryl methyl sites for hydroxylation is 2. The van der Waals surface area contributed by atoms with Crippen LogP contribution >= 0.6 is 0 Å². The molecule has 1 unspecified atom stereocenters. The Balaban J connectivity index is 1.86. The van der Waals surface area contributed by atoms with Gasteiger partial charge in [-0.05, 0) is 61.7 Å². The summed E-state index contributed by atoms with van der Waals surface area (Å²) in [6.07, 6.45) is 3.09. The molecule has 0 radical (unpaired) electrons. The van der Waals surface area contributed by atoms with Crippen LogP contribution in [0.5, 0.6) is 0 Å². The van der Waals surface area contributed by atoms with Crippen LogP contribution in [0.1, 0.15) is 29.7 Å². The second-order valence-corrected chi connectivity index (χ2v) is 8.37. The summed E-state index contributed by atoms with van der Waals surface area (Å²) >= 11 is 0. The van der Waals surface area contributed by atoms with Crippen molar-refractivity contribution < 1.29 is 8.42 Å². The van der Waals surface area contributed by atoms with E-state index >= 15 is 0 Å². The minimum Gasteiger partial charge on any atom is -0.223 e. The van der Waals surface area contributed by atoms with Crippen molar-refractivity contribution in [2.24, 2.45) is 0 Å². The van der Waals surface area contributed by atoms with E-state index in [4.69, 9.17) is 0 Å². The Kier molecular flexibility index (Phi) is 4.93. The maximum atomic E-state index is 13.0. The number of benzene rings is 2. The summed E-state index contributed by atoms with van der Waals surface area (Å²) in [5.41, 5.74) is 3.81. The third-order valence-electron chi connectivity index (χ3n) is 4.76. The molecule has 0 saturated heterocycles. The van der Waals surface area contributed by atoms with Gasteiger partial charge in [-0.2, -0.15) is 9.40 Å². The lowest BCUT2D eigenvalue weighted by atomic mass is 10.1. The molecule has 2 aromatic carbocycles. The van der Waals surface area contributed by atoms with E-state index in [0.717, 1.165) is 22.4 Å². The third kappa shape index (κ3) is 3.40. The molecule has 0 N–H and O–H groups in total. The van der Waals surface area contributed by atoms with Crippen LogP contribution in [0.4, 0.5) is 0 Å². The van der Waals surface area contributed by atoms with Gasteiger partial charge >= 0.3 is 0 Å². The molecule has 3 rings (SSSR count). The van der Waals surface area contributed by atoms with Gasteiger partial charge in [0.25, 0.3) is 0 Å². The van der Waals surface area contributed by atoms with Gasteiger partial charge in [0.2, 0.25) is 10.0 Å². The summed E-state index contributed by atoms with van der Waals surface area (Å²) in [5, 5.41) is 4.09. The quantitative estimate of drug-likeness (QED) is 0.691. The van der Waals surface area contributed by atoms with E-state index in [1.807, 2.05) is 51.1 Å². The highest BCUT2D eigenvalue weighted by atomic mass is 32.2. The maximum absolute atomic E-state index is 13.0. The molecular weight excluding hydrogens is 348 g/mol. The molecule has 136 valence electrons. The molecule has 0 saturated carbocycles. The van der Waals surface area contributed by atoms with Gasteiger partial charge in [-0.25, -0.2) is 18.1 Å². The fourth-order valence-electron chi connectivity index (χ4n) is 2.71. The molecule has 26 heavy (non-hydrogen) atoms. The Morgan fingerprint density at radius 3 is 2.31 bits per heavy atom. The Hall–Kier alpha value is -2.51. The lowest BCUT2D eigenvalue weighted by Gasteiger charge is -2.25. The fourth-order valence-corrected chi connectivity index (χ4v) is 4.14. The monoisotopic (exact) mass is 370 g/mol. The molecule has 0 spiro atoms. The Labute approximate surface area is 154 Å². The molecule has 0 fully saturated rings. The van der Waals surface area contributed by atoms with Crippen LogP contribution in [0.3, 0.4) is 0 Å². The average molecular weight is 370 g/mol. The SMILES string of the molecule is Cc1ccc(S(=O)(=O)N(C)C(C)c2ccc(-n3cncn3)cc2)cc1C. The van der Waals surface area contributed by atoms with Crippen molar-refractivity contribution >= 4 is 10.0 Å². The highest BCUT2D eigenvalue weighted by Gasteiger charge is 2.26. The van der Waals surface area contributed by atoms with Gasteiger partial charge in [-0.15, -0.1) is 0 Å². The van der Waals surface area contributed by atoms with Crippen molar-refractivity contribution in [3.05, 3.63) is 71.8 Å². The molecular formula is C19H22N4O2S. The van der Waals surface area contributed by atoms with Crippen molar-refractivity contribution in [2.75, 3.05) is 7.05 Å². The first-order valence-electron chi connectivity index (χ1n) is 8.31. The Morgan fingerprint density at radius 1 is 1.04 bits per heavy atom. The standard InChI is InChI=1S/C19H22N4O2S/c1-14-5-10-19(11-15(14)2)26(24,25)22(4)16(3)17-6-8-18(9-7-17)23-13-20-12-21-23/h5-13,16H,1-4H3. The van der Waals surface area contributed by atoms with Crippen LogP contribution < -0.4 is 0 Å². The number of hydrogen-bond donors (Lipinski definition) is 0. The van der Waals surface area contributed by atoms with Crippen LogP contribution in [0.15, 0.2) is 60.0 Å². The van der Waals surface area contributed by atoms with Crippen LogP contribution in [0.25, 0.3) is 5.69 Å². The average Bonchev–Trinajstić information content (AvgIpc) is 3.17. The first kappa shape index (κ1) is 18.3. The topological polar surface area (TPSA) is 68.1 Å². The summed E-state index contributed by atoms with van der Waals surface area (Å²) in [5.74, 6) is 0. The summed E-state index contributed by atoms with van der Waals surface area (Å²) in [6.45, 7) is 5.76. The molecule has 6 nitrogen and oxygen atoms in total. The van der Waals surface area contributed by atoms with Crippen molar-refractivity contribution in [3.8, 4) is 5.69 Å². The lowest BCUT2D eigenvalue weighted by molar-refractivity contribution is 0.398. The summed E-state index contributed by atoms with van der Waals surface area (Å²) in [7, 11) is -1.96. The molecule has 7 heteroatoms. The van der Waals surface area contributed by atoms with Gasteiger partial charge in [-0.3, -0.25) is 0 Å². The van der Waals surface area contributed by atoms with E-state index in [0.29, 0.717) is 4.90 Å². The number of sulfonamides is 1. The van der Waals surface area contributed by atoms with E-state index in [9.17, 15) is 8.42 Å². The summed E-state index contributed by atoms with van der Waals surface area (Å²) in [6, 6.07) is 12.5. The van der Waals surface area contributed by atoms with Gasteiger partial charge < -0.3 is 0 Å². The zero-order valence-electron chi connectivity index (χ0n) is 15.3. The molecule has 0 aliphatic heterocycles. The molecule has 1 aromatic heterocycles. The first-order chi connectivity index (χ1) is 12.3. The second kappa shape index (κ2) is 7.01. The molecule has 0 amide bonds. The molecule has 1 atom stereocenters. The zero-order valence-corrected chi connectivity index (χ0v) is 16.1. The fraction of sp³-hybridized carbons (Fsp3) is 0.263. The van der Waals surface area contributed by atoms with E-state index in [-0.39, 0.29) is 6.04 Å². The van der Waals surface area contributed by atoms with E-state index < -0.39 is 10.0 Å². The van der Waals surface area contributed by atoms with Crippen LogP contribution in [0, 0.1) is 13.8 Å². The molecule has 0 bridgehead atoms. The van der Waals surface area contributed by atoms with Crippen molar-refractivity contribution in [2.45, 2.75) is 31.7 Å². The second-order valence-electron chi connectivity index (χ2n) is 6.37. The number of nitrogens with zero attached hydrogens (tertiary/aromatic N) is 4. The van der Waals surface area contributed by atoms with Gasteiger partial charge in [0, 0.05) is 13.1 Å². The normalized spacial score (nSPS) is 13.1. The Morgan fingerprint density at radius 2 is 1.73 bits per heavy atom. The molecule has 0 aliphatic carbocycles. The van der Waals surface area contributed by atoms with Crippen molar-refractivity contribution in [1.29, 1.82) is 0 Å². The van der Waals surface area contributed by atoms with Crippen LogP contribution in [-0.4, -0.2) is 34.5 Å². The first-order valence-corrected chi connectivity index (χ1v) is 9.75. The minimum atomic E-state index is -3.57. The third-order valence-corrected chi connectivity index (χ3v) is 6.68. The van der Waals surface area contributed by atoms with E-state index in [1.54, 1.807) is 30.2 Å². The van der Waals surface area contributed by atoms with Gasteiger partial charge in [0.05, 0.1) is 10.6 Å². The predicted octanol–water partition coefficient (Wildman–Crippen LogP) is 3.27. The van der Waals surface area contributed by atoms with E-state index in [1.165, 1.54) is 10.6 Å². The smallest absolute Gasteiger partial charge is 0.223 e. The molecule has 3 aromatic rings. The largest absolute Gasteiger partial charge is 0.243 e. The van der Waals surface area contributed by atoms with Gasteiger partial charge in [0.1, 0.15) is 12.7 Å². The molecule has 0 aliphatic rings. The summed E-state index contributed by atoms with van der Waals surface area (Å²) in [4.78, 5) is 4.24. The number of hydrogen-bond acceptors (Lipinski definition) is 4. The summed E-state index contributed by atoms with van der Waals surface area (Å²) < 4.78 is 29.0. The maximum Gasteiger partial charge on any atom is 0.243 e. The highest BCUT2D eigenvalue weighted by molar-refractivity contribution is 7.89. The van der Waals surface area contributed by atoms with Crippen LogP contribution in [-0.2, 0) is 10.0 Å².